The van der Waals surface area contributed by atoms with E-state index in [1.165, 1.54) is 17.7 Å². The molecule has 158 valence electrons. The molecule has 1 atom stereocenters. The Morgan fingerprint density at radius 1 is 1.10 bits per heavy atom. The molecule has 8 heteroatoms. The minimum Gasteiger partial charge on any atom is -0.348 e. The van der Waals surface area contributed by atoms with E-state index in [1.54, 1.807) is 6.07 Å². The molecule has 0 aliphatic heterocycles. The molecule has 2 aromatic rings. The average Bonchev–Trinajstić information content (AvgIpc) is 2.60. The number of halogens is 2. The summed E-state index contributed by atoms with van der Waals surface area (Å²) >= 11 is 12.1. The SMILES string of the molecule is CC(NC(=O)CN(c1cc(Cl)ccc1Cl)S(C)(=O)=O)c1ccc(C(C)(C)C)cc1. The van der Waals surface area contributed by atoms with Gasteiger partial charge in [-0.1, -0.05) is 68.2 Å². The molecule has 0 saturated carbocycles. The lowest BCUT2D eigenvalue weighted by atomic mass is 9.86. The van der Waals surface area contributed by atoms with Gasteiger partial charge in [0.15, 0.2) is 0 Å². The van der Waals surface area contributed by atoms with E-state index in [0.717, 1.165) is 16.1 Å². The van der Waals surface area contributed by atoms with E-state index in [-0.39, 0.29) is 22.2 Å². The van der Waals surface area contributed by atoms with Gasteiger partial charge in [-0.05, 0) is 41.7 Å². The number of benzene rings is 2. The molecule has 1 amide bonds. The van der Waals surface area contributed by atoms with Gasteiger partial charge >= 0.3 is 0 Å². The lowest BCUT2D eigenvalue weighted by Crippen LogP contribution is -2.41. The lowest BCUT2D eigenvalue weighted by Gasteiger charge is -2.24. The Morgan fingerprint density at radius 2 is 1.69 bits per heavy atom. The fourth-order valence-corrected chi connectivity index (χ4v) is 4.13. The number of nitrogens with zero attached hydrogens (tertiary/aromatic N) is 1. The second-order valence-corrected chi connectivity index (χ2v) is 10.8. The number of sulfonamides is 1. The van der Waals surface area contributed by atoms with Crippen LogP contribution in [0.25, 0.3) is 0 Å². The van der Waals surface area contributed by atoms with E-state index >= 15 is 0 Å². The summed E-state index contributed by atoms with van der Waals surface area (Å²) in [5.74, 6) is -0.445. The van der Waals surface area contributed by atoms with Crippen LogP contribution >= 0.6 is 23.2 Å². The van der Waals surface area contributed by atoms with Gasteiger partial charge in [0.1, 0.15) is 6.54 Å². The van der Waals surface area contributed by atoms with Gasteiger partial charge in [-0.15, -0.1) is 0 Å². The van der Waals surface area contributed by atoms with Gasteiger partial charge in [0.2, 0.25) is 15.9 Å². The molecule has 0 heterocycles. The maximum absolute atomic E-state index is 12.6. The number of amides is 1. The number of carbonyl (C=O) groups excluding carboxylic acids is 1. The van der Waals surface area contributed by atoms with Gasteiger partial charge < -0.3 is 5.32 Å². The molecule has 5 nitrogen and oxygen atoms in total. The second-order valence-electron chi connectivity index (χ2n) is 8.03. The number of hydrogen-bond acceptors (Lipinski definition) is 3. The van der Waals surface area contributed by atoms with Crippen LogP contribution in [0.3, 0.4) is 0 Å². The van der Waals surface area contributed by atoms with Crippen LogP contribution in [0.5, 0.6) is 0 Å². The van der Waals surface area contributed by atoms with Gasteiger partial charge in [-0.2, -0.15) is 0 Å². The first kappa shape index (κ1) is 23.5. The molecule has 29 heavy (non-hydrogen) atoms. The number of nitrogens with one attached hydrogen (secondary N) is 1. The van der Waals surface area contributed by atoms with Crippen LogP contribution in [0.4, 0.5) is 5.69 Å². The Bertz CT molecular complexity index is 984. The first-order chi connectivity index (χ1) is 13.3. The molecule has 1 N–H and O–H groups in total. The predicted molar refractivity (Wildman–Crippen MR) is 120 cm³/mol. The Hall–Kier alpha value is -1.76. The van der Waals surface area contributed by atoms with Gasteiger partial charge in [0, 0.05) is 5.02 Å². The van der Waals surface area contributed by atoms with Gasteiger partial charge in [0.05, 0.1) is 23.0 Å². The predicted octanol–water partition coefficient (Wildman–Crippen LogP) is 4.93. The standard InChI is InChI=1S/C21H26Cl2N2O3S/c1-14(15-6-8-16(9-7-15)21(2,3)4)24-20(26)13-25(29(5,27)28)19-12-17(22)10-11-18(19)23/h6-12,14H,13H2,1-5H3,(H,24,26). The molecule has 0 radical (unpaired) electrons. The lowest BCUT2D eigenvalue weighted by molar-refractivity contribution is -0.120. The van der Waals surface area contributed by atoms with Crippen molar-refractivity contribution in [2.45, 2.75) is 39.2 Å². The fraction of sp³-hybridized carbons (Fsp3) is 0.381. The highest BCUT2D eigenvalue weighted by atomic mass is 35.5. The second kappa shape index (κ2) is 8.94. The molecule has 0 bridgehead atoms. The quantitative estimate of drug-likeness (QED) is 0.669. The van der Waals surface area contributed by atoms with Crippen molar-refractivity contribution in [1.29, 1.82) is 0 Å². The maximum atomic E-state index is 12.6. The van der Waals surface area contributed by atoms with E-state index in [9.17, 15) is 13.2 Å². The topological polar surface area (TPSA) is 66.5 Å². The molecule has 0 aliphatic carbocycles. The third kappa shape index (κ3) is 6.36. The first-order valence-corrected chi connectivity index (χ1v) is 11.7. The van der Waals surface area contributed by atoms with E-state index in [1.807, 2.05) is 31.2 Å². The largest absolute Gasteiger partial charge is 0.348 e. The Labute approximate surface area is 183 Å². The minimum atomic E-state index is -3.75. The summed E-state index contributed by atoms with van der Waals surface area (Å²) in [6.07, 6.45) is 1.02. The summed E-state index contributed by atoms with van der Waals surface area (Å²) in [6.45, 7) is 7.85. The van der Waals surface area contributed by atoms with Gasteiger partial charge in [-0.25, -0.2) is 8.42 Å². The average molecular weight is 457 g/mol. The smallest absolute Gasteiger partial charge is 0.241 e. The Morgan fingerprint density at radius 3 is 2.21 bits per heavy atom. The summed E-state index contributed by atoms with van der Waals surface area (Å²) < 4.78 is 25.5. The zero-order valence-electron chi connectivity index (χ0n) is 17.2. The van der Waals surface area contributed by atoms with Crippen molar-refractivity contribution in [3.05, 3.63) is 63.6 Å². The van der Waals surface area contributed by atoms with Crippen molar-refractivity contribution in [2.24, 2.45) is 0 Å². The third-order valence-corrected chi connectivity index (χ3v) is 6.20. The van der Waals surface area contributed by atoms with Crippen LogP contribution in [0.1, 0.15) is 44.9 Å². The van der Waals surface area contributed by atoms with E-state index in [2.05, 4.69) is 26.1 Å². The Kier molecular flexibility index (Phi) is 7.25. The van der Waals surface area contributed by atoms with E-state index < -0.39 is 22.5 Å². The van der Waals surface area contributed by atoms with Crippen LogP contribution in [0.2, 0.25) is 10.0 Å². The van der Waals surface area contributed by atoms with Crippen molar-refractivity contribution < 1.29 is 13.2 Å². The fourth-order valence-electron chi connectivity index (χ4n) is 2.83. The molecule has 0 spiro atoms. The van der Waals surface area contributed by atoms with Crippen LogP contribution < -0.4 is 9.62 Å². The highest BCUT2D eigenvalue weighted by Crippen LogP contribution is 2.30. The molecule has 2 rings (SSSR count). The summed E-state index contributed by atoms with van der Waals surface area (Å²) in [6, 6.07) is 12.2. The number of hydrogen-bond donors (Lipinski definition) is 1. The summed E-state index contributed by atoms with van der Waals surface area (Å²) in [4.78, 5) is 12.6. The van der Waals surface area contributed by atoms with Crippen LogP contribution in [-0.4, -0.2) is 27.1 Å². The van der Waals surface area contributed by atoms with Crippen molar-refractivity contribution in [2.75, 3.05) is 17.1 Å². The maximum Gasteiger partial charge on any atom is 0.241 e. The zero-order valence-corrected chi connectivity index (χ0v) is 19.5. The van der Waals surface area contributed by atoms with Gasteiger partial charge in [0.25, 0.3) is 0 Å². The van der Waals surface area contributed by atoms with Crippen molar-refractivity contribution in [3.8, 4) is 0 Å². The van der Waals surface area contributed by atoms with Crippen LogP contribution in [-0.2, 0) is 20.2 Å². The molecule has 1 unspecified atom stereocenters. The van der Waals surface area contributed by atoms with Crippen LogP contribution in [0.15, 0.2) is 42.5 Å². The Balaban J connectivity index is 2.17. The molecular formula is C21H26Cl2N2O3S. The molecule has 0 aromatic heterocycles. The van der Waals surface area contributed by atoms with E-state index in [4.69, 9.17) is 23.2 Å². The molecule has 0 fully saturated rings. The summed E-state index contributed by atoms with van der Waals surface area (Å²) in [5, 5.41) is 3.36. The molecule has 2 aromatic carbocycles. The number of carbonyl (C=O) groups is 1. The number of anilines is 1. The first-order valence-electron chi connectivity index (χ1n) is 9.11. The molecule has 0 saturated heterocycles. The monoisotopic (exact) mass is 456 g/mol. The number of rotatable bonds is 6. The molecular weight excluding hydrogens is 431 g/mol. The van der Waals surface area contributed by atoms with Gasteiger partial charge in [-0.3, -0.25) is 9.10 Å². The zero-order chi connectivity index (χ0) is 22.0. The van der Waals surface area contributed by atoms with Crippen molar-refractivity contribution in [1.82, 2.24) is 5.32 Å². The van der Waals surface area contributed by atoms with E-state index in [0.29, 0.717) is 5.02 Å². The normalized spacial score (nSPS) is 13.1. The van der Waals surface area contributed by atoms with Crippen molar-refractivity contribution >= 4 is 44.8 Å². The molecule has 0 aliphatic rings. The third-order valence-electron chi connectivity index (χ3n) is 4.52. The summed E-state index contributed by atoms with van der Waals surface area (Å²) in [5.41, 5.74) is 2.33. The van der Waals surface area contributed by atoms with Crippen LogP contribution in [0, 0.1) is 0 Å². The summed E-state index contributed by atoms with van der Waals surface area (Å²) in [7, 11) is -3.75. The van der Waals surface area contributed by atoms with Crippen molar-refractivity contribution in [3.63, 3.8) is 0 Å². The minimum absolute atomic E-state index is 0.0389. The highest BCUT2D eigenvalue weighted by molar-refractivity contribution is 7.92. The highest BCUT2D eigenvalue weighted by Gasteiger charge is 2.24.